The molecule has 1 heterocycles. The molecule has 3 nitrogen and oxygen atoms in total. The average molecular weight is 222 g/mol. The van der Waals surface area contributed by atoms with Gasteiger partial charge in [0.2, 0.25) is 5.82 Å². The van der Waals surface area contributed by atoms with Crippen LogP contribution < -0.4 is 0 Å². The van der Waals surface area contributed by atoms with E-state index >= 15 is 0 Å². The highest BCUT2D eigenvalue weighted by molar-refractivity contribution is 9.09. The van der Waals surface area contributed by atoms with Crippen molar-refractivity contribution in [2.24, 2.45) is 0 Å². The van der Waals surface area contributed by atoms with E-state index in [1.165, 1.54) is 12.4 Å². The highest BCUT2D eigenvalue weighted by Gasteiger charge is 1.91. The zero-order chi connectivity index (χ0) is 8.81. The van der Waals surface area contributed by atoms with Gasteiger partial charge in [0, 0.05) is 12.4 Å². The molecule has 0 fully saturated rings. The fourth-order valence-electron chi connectivity index (χ4n) is 0.586. The van der Waals surface area contributed by atoms with Crippen LogP contribution in [0.4, 0.5) is 0 Å². The van der Waals surface area contributed by atoms with Gasteiger partial charge in [0.1, 0.15) is 6.07 Å². The zero-order valence-electron chi connectivity index (χ0n) is 6.08. The quantitative estimate of drug-likeness (QED) is 0.487. The monoisotopic (exact) mass is 221 g/mol. The van der Waals surface area contributed by atoms with Gasteiger partial charge in [0.15, 0.2) is 0 Å². The van der Waals surface area contributed by atoms with Gasteiger partial charge in [0.05, 0.1) is 10.9 Å². The van der Waals surface area contributed by atoms with Crippen LogP contribution in [0.2, 0.25) is 0 Å². The summed E-state index contributed by atoms with van der Waals surface area (Å²) in [4.78, 5) is 7.52. The zero-order valence-corrected chi connectivity index (χ0v) is 7.67. The molecule has 58 valence electrons. The molecular formula is C8H4BrN3. The van der Waals surface area contributed by atoms with Gasteiger partial charge in [0.25, 0.3) is 0 Å². The Kier molecular flexibility index (Phi) is 3.25. The average Bonchev–Trinajstić information content (AvgIpc) is 2.15. The van der Waals surface area contributed by atoms with Crippen molar-refractivity contribution in [3.05, 3.63) is 23.8 Å². The summed E-state index contributed by atoms with van der Waals surface area (Å²) < 4.78 is 0. The number of halogens is 1. The van der Waals surface area contributed by atoms with Crippen molar-refractivity contribution in [3.8, 4) is 17.9 Å². The van der Waals surface area contributed by atoms with Crippen molar-refractivity contribution in [1.29, 1.82) is 5.26 Å². The van der Waals surface area contributed by atoms with Crippen LogP contribution in [0.1, 0.15) is 11.4 Å². The minimum absolute atomic E-state index is 0.166. The molecule has 0 radical (unpaired) electrons. The van der Waals surface area contributed by atoms with E-state index in [0.717, 1.165) is 0 Å². The standard InChI is InChI=1S/C8H4BrN3/c9-3-1-2-7-5-11-8(4-10)12-6-7/h5-6H,3H2. The van der Waals surface area contributed by atoms with Gasteiger partial charge < -0.3 is 0 Å². The fourth-order valence-corrected chi connectivity index (χ4v) is 0.726. The summed E-state index contributed by atoms with van der Waals surface area (Å²) in [6, 6.07) is 1.83. The molecule has 0 atom stereocenters. The van der Waals surface area contributed by atoms with Gasteiger partial charge in [-0.1, -0.05) is 27.8 Å². The Hall–Kier alpha value is -1.39. The van der Waals surface area contributed by atoms with Gasteiger partial charge in [-0.15, -0.1) is 0 Å². The molecule has 1 aromatic rings. The maximum Gasteiger partial charge on any atom is 0.232 e. The van der Waals surface area contributed by atoms with Crippen molar-refractivity contribution < 1.29 is 0 Å². The highest BCUT2D eigenvalue weighted by Crippen LogP contribution is 1.92. The first kappa shape index (κ1) is 8.70. The highest BCUT2D eigenvalue weighted by atomic mass is 79.9. The molecule has 4 heteroatoms. The Labute approximate surface area is 78.6 Å². The molecule has 0 aliphatic rings. The van der Waals surface area contributed by atoms with E-state index in [1.54, 1.807) is 0 Å². The molecule has 0 spiro atoms. The Balaban J connectivity index is 2.87. The number of alkyl halides is 1. The first-order chi connectivity index (χ1) is 5.86. The molecule has 0 aliphatic heterocycles. The van der Waals surface area contributed by atoms with Crippen LogP contribution in [0.15, 0.2) is 12.4 Å². The Bertz CT molecular complexity index is 353. The summed E-state index contributed by atoms with van der Waals surface area (Å²) in [6.07, 6.45) is 3.06. The third kappa shape index (κ3) is 2.34. The van der Waals surface area contributed by atoms with Gasteiger partial charge in [-0.05, 0) is 0 Å². The second-order valence-electron chi connectivity index (χ2n) is 1.84. The van der Waals surface area contributed by atoms with Gasteiger partial charge in [-0.2, -0.15) is 5.26 Å². The number of aromatic nitrogens is 2. The predicted molar refractivity (Wildman–Crippen MR) is 47.4 cm³/mol. The molecule has 1 rings (SSSR count). The SMILES string of the molecule is N#Cc1ncc(C#CCBr)cn1. The van der Waals surface area contributed by atoms with Crippen LogP contribution >= 0.6 is 15.9 Å². The largest absolute Gasteiger partial charge is 0.232 e. The second-order valence-corrected chi connectivity index (χ2v) is 2.40. The number of nitriles is 1. The summed E-state index contributed by atoms with van der Waals surface area (Å²) in [5.74, 6) is 5.79. The molecule has 12 heavy (non-hydrogen) atoms. The molecule has 0 aliphatic carbocycles. The first-order valence-corrected chi connectivity index (χ1v) is 4.26. The lowest BCUT2D eigenvalue weighted by Gasteiger charge is -1.87. The Morgan fingerprint density at radius 1 is 1.42 bits per heavy atom. The molecule has 0 amide bonds. The van der Waals surface area contributed by atoms with E-state index in [4.69, 9.17) is 5.26 Å². The smallest absolute Gasteiger partial charge is 0.226 e. The first-order valence-electron chi connectivity index (χ1n) is 3.14. The molecule has 0 bridgehead atoms. The molecule has 0 N–H and O–H groups in total. The molecule has 1 aromatic heterocycles. The van der Waals surface area contributed by atoms with Gasteiger partial charge in [-0.25, -0.2) is 9.97 Å². The number of hydrogen-bond acceptors (Lipinski definition) is 3. The summed E-state index contributed by atoms with van der Waals surface area (Å²) >= 11 is 3.17. The summed E-state index contributed by atoms with van der Waals surface area (Å²) in [7, 11) is 0. The second kappa shape index (κ2) is 4.48. The molecule has 0 saturated heterocycles. The third-order valence-corrected chi connectivity index (χ3v) is 1.33. The maximum absolute atomic E-state index is 8.39. The lowest BCUT2D eigenvalue weighted by atomic mass is 10.3. The van der Waals surface area contributed by atoms with Gasteiger partial charge >= 0.3 is 0 Å². The lowest BCUT2D eigenvalue weighted by molar-refractivity contribution is 1.10. The number of nitrogens with zero attached hydrogens (tertiary/aromatic N) is 3. The molecule has 0 unspecified atom stereocenters. The van der Waals surface area contributed by atoms with Crippen molar-refractivity contribution in [3.63, 3.8) is 0 Å². The van der Waals surface area contributed by atoms with Crippen molar-refractivity contribution >= 4 is 15.9 Å². The van der Waals surface area contributed by atoms with Crippen molar-refractivity contribution in [2.75, 3.05) is 5.33 Å². The van der Waals surface area contributed by atoms with Crippen LogP contribution in [-0.4, -0.2) is 15.3 Å². The van der Waals surface area contributed by atoms with Crippen LogP contribution in [0.5, 0.6) is 0 Å². The van der Waals surface area contributed by atoms with Crippen LogP contribution in [0, 0.1) is 23.2 Å². The lowest BCUT2D eigenvalue weighted by Crippen LogP contribution is -1.88. The van der Waals surface area contributed by atoms with E-state index < -0.39 is 0 Å². The Morgan fingerprint density at radius 3 is 2.58 bits per heavy atom. The molecular weight excluding hydrogens is 218 g/mol. The summed E-state index contributed by atoms with van der Waals surface area (Å²) in [6.45, 7) is 0. The topological polar surface area (TPSA) is 49.6 Å². The van der Waals surface area contributed by atoms with E-state index in [1.807, 2.05) is 6.07 Å². The van der Waals surface area contributed by atoms with E-state index in [-0.39, 0.29) is 5.82 Å². The minimum atomic E-state index is 0.166. The van der Waals surface area contributed by atoms with E-state index in [2.05, 4.69) is 37.7 Å². The van der Waals surface area contributed by atoms with Crippen molar-refractivity contribution in [1.82, 2.24) is 9.97 Å². The van der Waals surface area contributed by atoms with Crippen LogP contribution in [0.3, 0.4) is 0 Å². The van der Waals surface area contributed by atoms with Crippen LogP contribution in [-0.2, 0) is 0 Å². The number of hydrogen-bond donors (Lipinski definition) is 0. The summed E-state index contributed by atoms with van der Waals surface area (Å²) in [5.41, 5.74) is 0.716. The van der Waals surface area contributed by atoms with Gasteiger partial charge in [-0.3, -0.25) is 0 Å². The predicted octanol–water partition coefficient (Wildman–Crippen LogP) is 1.09. The summed E-state index contributed by atoms with van der Waals surface area (Å²) in [5, 5.41) is 9.00. The van der Waals surface area contributed by atoms with Crippen molar-refractivity contribution in [2.45, 2.75) is 0 Å². The maximum atomic E-state index is 8.39. The van der Waals surface area contributed by atoms with E-state index in [0.29, 0.717) is 10.9 Å². The fraction of sp³-hybridized carbons (Fsp3) is 0.125. The Morgan fingerprint density at radius 2 is 2.08 bits per heavy atom. The molecule has 0 saturated carbocycles. The molecule has 0 aromatic carbocycles. The van der Waals surface area contributed by atoms with E-state index in [9.17, 15) is 0 Å². The van der Waals surface area contributed by atoms with Crippen LogP contribution in [0.25, 0.3) is 0 Å². The normalized spacial score (nSPS) is 8.00. The minimum Gasteiger partial charge on any atom is -0.226 e. The third-order valence-electron chi connectivity index (χ3n) is 1.05. The number of rotatable bonds is 0.